The highest BCUT2D eigenvalue weighted by Gasteiger charge is 2.47. The van der Waals surface area contributed by atoms with Crippen LogP contribution in [-0.4, -0.2) is 114 Å². The molecule has 2 unspecified atom stereocenters. The number of hydrogen-bond donors (Lipinski definition) is 6. The molecule has 1 saturated carbocycles. The molecular weight excluding hydrogens is 868 g/mol. The van der Waals surface area contributed by atoms with E-state index in [-0.39, 0.29) is 42.9 Å². The molecule has 7 N–H and O–H groups in total. The lowest BCUT2D eigenvalue weighted by Gasteiger charge is -2.35. The zero-order valence-corrected chi connectivity index (χ0v) is 36.7. The second kappa shape index (κ2) is 22.0. The average molecular weight is 923 g/mol. The largest absolute Gasteiger partial charge is 0.493 e. The fraction of sp³-hybridized carbons (Fsp3) is 0.535. The first kappa shape index (κ1) is 51.3. The van der Waals surface area contributed by atoms with Crippen LogP contribution in [-0.2, 0) is 33.5 Å². The molecule has 6 amide bonds. The van der Waals surface area contributed by atoms with Crippen molar-refractivity contribution in [2.45, 2.75) is 115 Å². The molecule has 0 bridgehead atoms. The molecule has 1 heterocycles. The highest BCUT2D eigenvalue weighted by atomic mass is 19.2. The van der Waals surface area contributed by atoms with E-state index in [4.69, 9.17) is 19.9 Å². The minimum atomic E-state index is -2.46. The third kappa shape index (κ3) is 12.3. The summed E-state index contributed by atoms with van der Waals surface area (Å²) in [5, 5.41) is 18.8. The molecule has 2 aromatic carbocycles. The number of carbonyl (C=O) groups excluding carboxylic acids is 7. The van der Waals surface area contributed by atoms with E-state index in [9.17, 15) is 56.6 Å². The molecule has 65 heavy (non-hydrogen) atoms. The number of methoxy groups -OCH3 is 2. The number of nitrogens with two attached hydrogens (primary N) is 1. The number of carbonyl (C=O) groups is 8. The number of halogens is 4. The number of primary amides is 1. The van der Waals surface area contributed by atoms with Gasteiger partial charge in [0.05, 0.1) is 44.1 Å². The summed E-state index contributed by atoms with van der Waals surface area (Å²) in [5.74, 6) is -20.2. The second-order valence-electron chi connectivity index (χ2n) is 16.6. The lowest BCUT2D eigenvalue weighted by atomic mass is 9.83. The quantitative estimate of drug-likeness (QED) is 0.0515. The van der Waals surface area contributed by atoms with Gasteiger partial charge in [-0.05, 0) is 52.0 Å². The van der Waals surface area contributed by atoms with Crippen LogP contribution >= 0.6 is 0 Å². The molecule has 2 aliphatic rings. The molecule has 2 aromatic rings. The smallest absolute Gasteiger partial charge is 0.339 e. The lowest BCUT2D eigenvalue weighted by molar-refractivity contribution is -0.143. The summed E-state index contributed by atoms with van der Waals surface area (Å²) in [5.41, 5.74) is 1.40. The van der Waals surface area contributed by atoms with Gasteiger partial charge >= 0.3 is 5.97 Å². The maximum Gasteiger partial charge on any atom is 0.339 e. The van der Waals surface area contributed by atoms with Crippen LogP contribution in [0, 0.1) is 29.2 Å². The summed E-state index contributed by atoms with van der Waals surface area (Å²) in [6.45, 7) is 5.72. The van der Waals surface area contributed by atoms with E-state index >= 15 is 4.39 Å². The minimum Gasteiger partial charge on any atom is -0.493 e. The van der Waals surface area contributed by atoms with Gasteiger partial charge in [0.15, 0.2) is 34.8 Å². The number of Topliss-reactive ketones (excluding diaryl/α,β-unsaturated/α-hetero) is 1. The highest BCUT2D eigenvalue weighted by Crippen LogP contribution is 2.35. The number of aromatic carboxylic acids is 1. The number of ketones is 1. The third-order valence-corrected chi connectivity index (χ3v) is 10.9. The van der Waals surface area contributed by atoms with Crippen molar-refractivity contribution in [3.8, 4) is 11.5 Å². The topological polar surface area (TPSA) is 262 Å². The van der Waals surface area contributed by atoms with E-state index in [0.717, 1.165) is 11.3 Å². The second-order valence-corrected chi connectivity index (χ2v) is 16.6. The number of likely N-dealkylation sites (tertiary alicyclic amines) is 1. The molecule has 1 aliphatic heterocycles. The Morgan fingerprint density at radius 1 is 0.877 bits per heavy atom. The van der Waals surface area contributed by atoms with Gasteiger partial charge in [-0.2, -0.15) is 0 Å². The molecule has 4 rings (SSSR count). The molecule has 22 heteroatoms. The van der Waals surface area contributed by atoms with Gasteiger partial charge in [-0.3, -0.25) is 33.6 Å². The van der Waals surface area contributed by atoms with Crippen molar-refractivity contribution in [2.24, 2.45) is 11.7 Å². The summed E-state index contributed by atoms with van der Waals surface area (Å²) in [6.07, 6.45) is 1.66. The van der Waals surface area contributed by atoms with E-state index in [2.05, 4.69) is 21.3 Å². The maximum atomic E-state index is 15.1. The maximum absolute atomic E-state index is 15.1. The van der Waals surface area contributed by atoms with Crippen molar-refractivity contribution in [3.63, 3.8) is 0 Å². The summed E-state index contributed by atoms with van der Waals surface area (Å²) >= 11 is 0. The Kier molecular flexibility index (Phi) is 17.4. The zero-order valence-electron chi connectivity index (χ0n) is 36.7. The van der Waals surface area contributed by atoms with E-state index in [1.807, 2.05) is 0 Å². The molecule has 0 radical (unpaired) electrons. The number of carboxylic acids is 1. The van der Waals surface area contributed by atoms with Crippen LogP contribution in [0.2, 0.25) is 0 Å². The van der Waals surface area contributed by atoms with Crippen LogP contribution in [0.3, 0.4) is 0 Å². The van der Waals surface area contributed by atoms with Gasteiger partial charge in [-0.1, -0.05) is 44.7 Å². The van der Waals surface area contributed by atoms with Crippen LogP contribution < -0.4 is 36.5 Å². The zero-order chi connectivity index (χ0) is 48.5. The number of para-hydroxylation sites is 1. The van der Waals surface area contributed by atoms with E-state index in [1.54, 1.807) is 33.8 Å². The number of amides is 6. The molecule has 5 atom stereocenters. The normalized spacial score (nSPS) is 17.8. The van der Waals surface area contributed by atoms with Gasteiger partial charge in [0.1, 0.15) is 23.7 Å². The number of carboxylic acid groups (broad SMARTS) is 1. The number of hydrogen-bond acceptors (Lipinski definition) is 11. The van der Waals surface area contributed by atoms with Gasteiger partial charge in [0.25, 0.3) is 11.8 Å². The van der Waals surface area contributed by atoms with Crippen LogP contribution in [0.25, 0.3) is 0 Å². The van der Waals surface area contributed by atoms with E-state index < -0.39 is 130 Å². The molecule has 1 saturated heterocycles. The van der Waals surface area contributed by atoms with Gasteiger partial charge in [0, 0.05) is 18.5 Å². The van der Waals surface area contributed by atoms with Crippen molar-refractivity contribution >= 4 is 47.2 Å². The molecule has 0 spiro atoms. The molecule has 356 valence electrons. The number of ether oxygens (including phenoxy) is 3. The van der Waals surface area contributed by atoms with Gasteiger partial charge in [-0.15, -0.1) is 0 Å². The fourth-order valence-electron chi connectivity index (χ4n) is 8.05. The Labute approximate surface area is 371 Å². The van der Waals surface area contributed by atoms with Crippen LogP contribution in [0.4, 0.5) is 17.6 Å². The molecule has 1 aliphatic carbocycles. The molecule has 18 nitrogen and oxygen atoms in total. The minimum absolute atomic E-state index is 0.0881. The van der Waals surface area contributed by atoms with Crippen LogP contribution in [0.1, 0.15) is 111 Å². The molecular formula is C43H54F4N6O12. The van der Waals surface area contributed by atoms with Gasteiger partial charge in [-0.25, -0.2) is 22.4 Å². The number of benzene rings is 2. The van der Waals surface area contributed by atoms with Gasteiger partial charge < -0.3 is 51.2 Å². The van der Waals surface area contributed by atoms with Crippen molar-refractivity contribution in [1.29, 1.82) is 0 Å². The number of nitrogens with zero attached hydrogens (tertiary/aromatic N) is 1. The van der Waals surface area contributed by atoms with Crippen LogP contribution in [0.15, 0.2) is 18.2 Å². The predicted octanol–water partition coefficient (Wildman–Crippen LogP) is 2.73. The van der Waals surface area contributed by atoms with Crippen LogP contribution in [0.5, 0.6) is 11.5 Å². The monoisotopic (exact) mass is 922 g/mol. The number of rotatable bonds is 19. The highest BCUT2D eigenvalue weighted by molar-refractivity contribution is 6.38. The van der Waals surface area contributed by atoms with Crippen molar-refractivity contribution in [2.75, 3.05) is 27.3 Å². The predicted molar refractivity (Wildman–Crippen MR) is 220 cm³/mol. The first-order valence-electron chi connectivity index (χ1n) is 20.9. The van der Waals surface area contributed by atoms with Crippen molar-refractivity contribution in [3.05, 3.63) is 58.2 Å². The Morgan fingerprint density at radius 2 is 1.51 bits per heavy atom. The Hall–Kier alpha value is -6.32. The van der Waals surface area contributed by atoms with Gasteiger partial charge in [0.2, 0.25) is 29.4 Å². The Balaban J connectivity index is 1.58. The molecule has 0 aromatic heterocycles. The Morgan fingerprint density at radius 3 is 2.06 bits per heavy atom. The SMILES string of the molecule is CCCC(NC(=O)[C@@H]1C[C@@H](OC(C)(C)C)CN1C(=O)[C@@H](NC(=O)c1c(F)c(F)c(F)c(F)c1C(=O)O)C1CCCCC1)C(=O)C(=O)NCC(=O)NC(C(N)=O)c1cccc(OC)c1OC. The third-order valence-electron chi connectivity index (χ3n) is 10.9. The summed E-state index contributed by atoms with van der Waals surface area (Å²) in [4.78, 5) is 107. The molecule has 2 fully saturated rings. The van der Waals surface area contributed by atoms with E-state index in [1.165, 1.54) is 26.4 Å². The fourth-order valence-corrected chi connectivity index (χ4v) is 8.05. The first-order chi connectivity index (χ1) is 30.6. The Bertz CT molecular complexity index is 2180. The van der Waals surface area contributed by atoms with E-state index in [0.29, 0.717) is 25.7 Å². The van der Waals surface area contributed by atoms with Crippen molar-refractivity contribution in [1.82, 2.24) is 26.2 Å². The standard InChI is InChI=1S/C43H54F4N6O12/c1-7-12-23(35(55)40(59)49-18-26(54)51-34(37(48)56)22-15-11-16-25(63-5)36(22)64-6)50-38(57)24-17-21(65-43(2,3)4)19-53(24)41(60)33(20-13-9-8-10-14-20)52-39(58)27-28(42(61)62)30(45)32(47)31(46)29(27)44/h11,15-16,20-21,23-24,33-34H,7-10,12-14,17-19H2,1-6H3,(H2,48,56)(H,49,59)(H,50,57)(H,51,54)(H,52,58)(H,61,62)/t21-,23?,24+,33+,34?/m1/s1. The lowest BCUT2D eigenvalue weighted by Crippen LogP contribution is -2.58. The average Bonchev–Trinajstić information content (AvgIpc) is 3.68. The van der Waals surface area contributed by atoms with Crippen molar-refractivity contribution < 1.29 is 75.2 Å². The first-order valence-corrected chi connectivity index (χ1v) is 20.9. The summed E-state index contributed by atoms with van der Waals surface area (Å²) in [7, 11) is 2.66. The number of nitrogens with one attached hydrogen (secondary N) is 4. The summed E-state index contributed by atoms with van der Waals surface area (Å²) < 4.78 is 75.0. The summed E-state index contributed by atoms with van der Waals surface area (Å²) in [6, 6.07) is -1.48.